The van der Waals surface area contributed by atoms with Crippen molar-refractivity contribution in [2.45, 2.75) is 0 Å². The Morgan fingerprint density at radius 2 is 1.67 bits per heavy atom. The number of ether oxygens (including phenoxy) is 1. The first kappa shape index (κ1) is 11.1. The first-order valence-electron chi connectivity index (χ1n) is 4.66. The fraction of sp³-hybridized carbons (Fsp3) is 0.400. The summed E-state index contributed by atoms with van der Waals surface area (Å²) >= 11 is 1.90. The molecule has 0 aliphatic carbocycles. The maximum atomic E-state index is 13.6. The fourth-order valence-corrected chi connectivity index (χ4v) is 2.17. The predicted octanol–water partition coefficient (Wildman–Crippen LogP) is 2.41. The van der Waals surface area contributed by atoms with Gasteiger partial charge in [-0.1, -0.05) is 0 Å². The van der Waals surface area contributed by atoms with Crippen molar-refractivity contribution in [3.63, 3.8) is 0 Å². The predicted molar refractivity (Wildman–Crippen MR) is 62.1 cm³/mol. The van der Waals surface area contributed by atoms with Gasteiger partial charge in [-0.05, 0) is 34.7 Å². The smallest absolute Gasteiger partial charge is 0.150 e. The third-order valence-electron chi connectivity index (χ3n) is 2.31. The molecular weight excluding hydrogens is 315 g/mol. The van der Waals surface area contributed by atoms with Crippen LogP contribution in [0.1, 0.15) is 0 Å². The zero-order chi connectivity index (χ0) is 10.8. The lowest BCUT2D eigenvalue weighted by molar-refractivity contribution is 0.122. The molecule has 5 heteroatoms. The molecule has 0 amide bonds. The molecule has 1 heterocycles. The van der Waals surface area contributed by atoms with Gasteiger partial charge in [0.1, 0.15) is 5.69 Å². The molecule has 0 aromatic heterocycles. The molecule has 1 aromatic rings. The molecule has 1 fully saturated rings. The van der Waals surface area contributed by atoms with E-state index in [2.05, 4.69) is 0 Å². The number of nitrogens with zero attached hydrogens (tertiary/aromatic N) is 1. The van der Waals surface area contributed by atoms with Crippen molar-refractivity contribution in [1.29, 1.82) is 0 Å². The Bertz CT molecular complexity index is 343. The summed E-state index contributed by atoms with van der Waals surface area (Å²) in [6.07, 6.45) is 0. The molecule has 2 nitrogen and oxygen atoms in total. The average molecular weight is 325 g/mol. The Morgan fingerprint density at radius 3 is 2.20 bits per heavy atom. The number of anilines is 1. The summed E-state index contributed by atoms with van der Waals surface area (Å²) in [6.45, 7) is 2.11. The molecular formula is C10H10F2INO. The summed E-state index contributed by atoms with van der Waals surface area (Å²) in [6, 6.07) is 2.68. The van der Waals surface area contributed by atoms with Crippen molar-refractivity contribution in [3.05, 3.63) is 27.3 Å². The molecule has 0 N–H and O–H groups in total. The van der Waals surface area contributed by atoms with E-state index in [-0.39, 0.29) is 5.69 Å². The molecule has 0 saturated carbocycles. The van der Waals surface area contributed by atoms with Crippen LogP contribution >= 0.6 is 22.6 Å². The van der Waals surface area contributed by atoms with Crippen molar-refractivity contribution >= 4 is 28.3 Å². The van der Waals surface area contributed by atoms with Crippen LogP contribution in [0.2, 0.25) is 0 Å². The van der Waals surface area contributed by atoms with Crippen molar-refractivity contribution in [1.82, 2.24) is 0 Å². The first-order chi connectivity index (χ1) is 7.18. The Morgan fingerprint density at radius 1 is 1.13 bits per heavy atom. The molecule has 1 aliphatic rings. The summed E-state index contributed by atoms with van der Waals surface area (Å²) in [4.78, 5) is 1.68. The minimum atomic E-state index is -0.499. The molecule has 1 aromatic carbocycles. The van der Waals surface area contributed by atoms with Gasteiger partial charge < -0.3 is 9.64 Å². The van der Waals surface area contributed by atoms with Crippen LogP contribution in [-0.4, -0.2) is 26.3 Å². The van der Waals surface area contributed by atoms with Gasteiger partial charge in [-0.2, -0.15) is 0 Å². The molecule has 1 aliphatic heterocycles. The maximum Gasteiger partial charge on any atom is 0.150 e. The second-order valence-corrected chi connectivity index (χ2v) is 4.56. The van der Waals surface area contributed by atoms with Crippen molar-refractivity contribution in [2.24, 2.45) is 0 Å². The van der Waals surface area contributed by atoms with Gasteiger partial charge in [0.15, 0.2) is 11.6 Å². The van der Waals surface area contributed by atoms with Crippen LogP contribution in [0.3, 0.4) is 0 Å². The monoisotopic (exact) mass is 325 g/mol. The highest BCUT2D eigenvalue weighted by Crippen LogP contribution is 2.26. The highest BCUT2D eigenvalue weighted by molar-refractivity contribution is 14.1. The third kappa shape index (κ3) is 2.39. The van der Waals surface area contributed by atoms with E-state index in [1.165, 1.54) is 12.1 Å². The summed E-state index contributed by atoms with van der Waals surface area (Å²) in [5.41, 5.74) is 0.0683. The van der Waals surface area contributed by atoms with Crippen LogP contribution in [0, 0.1) is 15.2 Å². The Kier molecular flexibility index (Phi) is 3.40. The quantitative estimate of drug-likeness (QED) is 0.736. The average Bonchev–Trinajstić information content (AvgIpc) is 2.17. The summed E-state index contributed by atoms with van der Waals surface area (Å²) in [5.74, 6) is -0.998. The van der Waals surface area contributed by atoms with Gasteiger partial charge in [-0.25, -0.2) is 8.78 Å². The van der Waals surface area contributed by atoms with Gasteiger partial charge in [0, 0.05) is 16.7 Å². The maximum absolute atomic E-state index is 13.6. The Hall–Kier alpha value is -0.430. The number of hydrogen-bond donors (Lipinski definition) is 0. The van der Waals surface area contributed by atoms with E-state index in [0.29, 0.717) is 29.9 Å². The van der Waals surface area contributed by atoms with Gasteiger partial charge in [0.2, 0.25) is 0 Å². The van der Waals surface area contributed by atoms with E-state index in [4.69, 9.17) is 4.74 Å². The van der Waals surface area contributed by atoms with Crippen molar-refractivity contribution in [2.75, 3.05) is 31.2 Å². The van der Waals surface area contributed by atoms with Crippen LogP contribution in [0.15, 0.2) is 12.1 Å². The highest BCUT2D eigenvalue weighted by Gasteiger charge is 2.19. The fourth-order valence-electron chi connectivity index (χ4n) is 1.62. The summed E-state index contributed by atoms with van der Waals surface area (Å²) in [7, 11) is 0. The standard InChI is InChI=1S/C10H10F2INO/c11-8-5-7(13)6-9(12)10(8)14-1-3-15-4-2-14/h5-6H,1-4H2. The largest absolute Gasteiger partial charge is 0.378 e. The molecule has 2 rings (SSSR count). The van der Waals surface area contributed by atoms with Crippen LogP contribution in [-0.2, 0) is 4.74 Å². The van der Waals surface area contributed by atoms with Gasteiger partial charge in [-0.3, -0.25) is 0 Å². The number of benzene rings is 1. The van der Waals surface area contributed by atoms with Crippen LogP contribution in [0.25, 0.3) is 0 Å². The van der Waals surface area contributed by atoms with E-state index in [0.717, 1.165) is 0 Å². The third-order valence-corrected chi connectivity index (χ3v) is 2.93. The second kappa shape index (κ2) is 4.61. The van der Waals surface area contributed by atoms with Gasteiger partial charge in [-0.15, -0.1) is 0 Å². The number of rotatable bonds is 1. The lowest BCUT2D eigenvalue weighted by Crippen LogP contribution is -2.37. The summed E-state index contributed by atoms with van der Waals surface area (Å²) < 4.78 is 32.8. The van der Waals surface area contributed by atoms with E-state index < -0.39 is 11.6 Å². The molecule has 15 heavy (non-hydrogen) atoms. The number of hydrogen-bond acceptors (Lipinski definition) is 2. The topological polar surface area (TPSA) is 12.5 Å². The van der Waals surface area contributed by atoms with Gasteiger partial charge in [0.05, 0.1) is 13.2 Å². The van der Waals surface area contributed by atoms with Crippen LogP contribution < -0.4 is 4.90 Å². The Balaban J connectivity index is 2.33. The lowest BCUT2D eigenvalue weighted by Gasteiger charge is -2.29. The molecule has 0 spiro atoms. The summed E-state index contributed by atoms with van der Waals surface area (Å²) in [5, 5.41) is 0. The molecule has 0 atom stereocenters. The zero-order valence-corrected chi connectivity index (χ0v) is 10.1. The molecule has 0 radical (unpaired) electrons. The van der Waals surface area contributed by atoms with Crippen LogP contribution in [0.4, 0.5) is 14.5 Å². The van der Waals surface area contributed by atoms with E-state index in [9.17, 15) is 8.78 Å². The van der Waals surface area contributed by atoms with Crippen molar-refractivity contribution < 1.29 is 13.5 Å². The van der Waals surface area contributed by atoms with E-state index >= 15 is 0 Å². The minimum Gasteiger partial charge on any atom is -0.378 e. The Labute approximate surface area is 100 Å². The SMILES string of the molecule is Fc1cc(I)cc(F)c1N1CCOCC1. The van der Waals surface area contributed by atoms with Crippen LogP contribution in [0.5, 0.6) is 0 Å². The lowest BCUT2D eigenvalue weighted by atomic mass is 10.2. The molecule has 0 bridgehead atoms. The molecule has 82 valence electrons. The zero-order valence-electron chi connectivity index (χ0n) is 7.97. The van der Waals surface area contributed by atoms with Gasteiger partial charge >= 0.3 is 0 Å². The highest BCUT2D eigenvalue weighted by atomic mass is 127. The first-order valence-corrected chi connectivity index (χ1v) is 5.73. The normalized spacial score (nSPS) is 16.9. The van der Waals surface area contributed by atoms with E-state index in [1.54, 1.807) is 4.90 Å². The molecule has 0 unspecified atom stereocenters. The van der Waals surface area contributed by atoms with Crippen molar-refractivity contribution in [3.8, 4) is 0 Å². The number of halogens is 3. The minimum absolute atomic E-state index is 0.0683. The molecule has 1 saturated heterocycles. The van der Waals surface area contributed by atoms with Gasteiger partial charge in [0.25, 0.3) is 0 Å². The van der Waals surface area contributed by atoms with E-state index in [1.807, 2.05) is 22.6 Å². The second-order valence-electron chi connectivity index (χ2n) is 3.32. The number of morpholine rings is 1.